The SMILES string of the molecule is C=CC1C[C@]1(NC(=O)[C@@H]1C[C@@H](Oc2cc(-c3ccccc3)nc3ccc(C)cc23)CN1C(=O)[C@@H](CC(=O)N1CCCCC1)C(C)(C)C)C(=O)N(C1CC1)S(=O)O. The smallest absolute Gasteiger partial charge is 0.264 e. The van der Waals surface area contributed by atoms with Gasteiger partial charge in [0.2, 0.25) is 17.7 Å². The molecule has 4 fully saturated rings. The molecule has 3 aromatic rings. The van der Waals surface area contributed by atoms with Crippen molar-refractivity contribution in [3.8, 4) is 17.0 Å². The second-order valence-electron chi connectivity index (χ2n) is 17.0. The summed E-state index contributed by atoms with van der Waals surface area (Å²) in [5.41, 5.74) is 1.30. The largest absolute Gasteiger partial charge is 0.488 e. The van der Waals surface area contributed by atoms with E-state index < -0.39 is 58.0 Å². The molecule has 13 heteroatoms. The van der Waals surface area contributed by atoms with E-state index in [0.29, 0.717) is 37.4 Å². The molecule has 12 nitrogen and oxygen atoms in total. The maximum Gasteiger partial charge on any atom is 0.264 e. The van der Waals surface area contributed by atoms with Crippen molar-refractivity contribution in [1.29, 1.82) is 0 Å². The van der Waals surface area contributed by atoms with Crippen molar-refractivity contribution in [2.75, 3.05) is 19.6 Å². The van der Waals surface area contributed by atoms with Crippen molar-refractivity contribution in [2.45, 2.75) is 103 Å². The first-order chi connectivity index (χ1) is 26.7. The van der Waals surface area contributed by atoms with Gasteiger partial charge in [-0.1, -0.05) is 68.8 Å². The fraction of sp³-hybridized carbons (Fsp3) is 0.512. The van der Waals surface area contributed by atoms with Gasteiger partial charge in [-0.15, -0.1) is 6.58 Å². The Bertz CT molecular complexity index is 2040. The van der Waals surface area contributed by atoms with Crippen LogP contribution in [0.15, 0.2) is 67.3 Å². The number of amides is 4. The monoisotopic (exact) mass is 783 g/mol. The number of likely N-dealkylation sites (tertiary alicyclic amines) is 2. The Morgan fingerprint density at radius 2 is 1.80 bits per heavy atom. The van der Waals surface area contributed by atoms with Crippen LogP contribution in [0, 0.1) is 24.2 Å². The van der Waals surface area contributed by atoms with Gasteiger partial charge in [-0.2, -0.15) is 0 Å². The summed E-state index contributed by atoms with van der Waals surface area (Å²) in [6.07, 6.45) is 5.43. The Balaban J connectivity index is 1.22. The summed E-state index contributed by atoms with van der Waals surface area (Å²) >= 11 is -2.57. The topological polar surface area (TPSA) is 149 Å². The summed E-state index contributed by atoms with van der Waals surface area (Å²) in [6.45, 7) is 13.0. The van der Waals surface area contributed by atoms with Gasteiger partial charge in [0.1, 0.15) is 23.4 Å². The number of ether oxygens (including phenoxy) is 1. The summed E-state index contributed by atoms with van der Waals surface area (Å²) in [6, 6.07) is 16.2. The number of fused-ring (bicyclic) bond motifs is 1. The normalized spacial score (nSPS) is 24.6. The predicted octanol–water partition coefficient (Wildman–Crippen LogP) is 5.81. The molecular weight excluding hydrogens is 731 g/mol. The van der Waals surface area contributed by atoms with Crippen LogP contribution >= 0.6 is 0 Å². The summed E-state index contributed by atoms with van der Waals surface area (Å²) in [7, 11) is 0. The van der Waals surface area contributed by atoms with Crippen LogP contribution in [0.25, 0.3) is 22.2 Å². The number of aromatic nitrogens is 1. The van der Waals surface area contributed by atoms with Gasteiger partial charge in [0.05, 0.1) is 23.7 Å². The van der Waals surface area contributed by atoms with Crippen molar-refractivity contribution in [3.63, 3.8) is 0 Å². The lowest BCUT2D eigenvalue weighted by Crippen LogP contribution is -2.57. The number of hydrogen-bond donors (Lipinski definition) is 2. The third kappa shape index (κ3) is 8.11. The van der Waals surface area contributed by atoms with E-state index in [1.807, 2.05) is 87.2 Å². The number of pyridine rings is 1. The summed E-state index contributed by atoms with van der Waals surface area (Å²) in [5, 5.41) is 3.75. The number of hydrogen-bond acceptors (Lipinski definition) is 7. The molecule has 4 aliphatic rings. The quantitative estimate of drug-likeness (QED) is 0.173. The minimum atomic E-state index is -2.57. The van der Waals surface area contributed by atoms with Gasteiger partial charge >= 0.3 is 0 Å². The zero-order valence-electron chi connectivity index (χ0n) is 32.7. The molecule has 2 unspecified atom stereocenters. The maximum atomic E-state index is 14.9. The zero-order valence-corrected chi connectivity index (χ0v) is 33.6. The highest BCUT2D eigenvalue weighted by Crippen LogP contribution is 2.48. The number of rotatable bonds is 12. The van der Waals surface area contributed by atoms with Crippen LogP contribution in [0.4, 0.5) is 0 Å². The molecule has 2 saturated carbocycles. The second-order valence-corrected chi connectivity index (χ2v) is 17.9. The number of carbonyl (C=O) groups is 4. The van der Waals surface area contributed by atoms with Crippen LogP contribution in [0.3, 0.4) is 0 Å². The highest BCUT2D eigenvalue weighted by atomic mass is 32.2. The Kier molecular flexibility index (Phi) is 11.1. The van der Waals surface area contributed by atoms with Gasteiger partial charge in [-0.25, -0.2) is 13.5 Å². The van der Waals surface area contributed by atoms with Crippen LogP contribution in [-0.2, 0) is 30.4 Å². The fourth-order valence-electron chi connectivity index (χ4n) is 8.32. The molecule has 2 aliphatic carbocycles. The first kappa shape index (κ1) is 39.6. The molecule has 298 valence electrons. The van der Waals surface area contributed by atoms with E-state index in [9.17, 15) is 27.9 Å². The van der Waals surface area contributed by atoms with Gasteiger partial charge in [0.25, 0.3) is 17.2 Å². The van der Waals surface area contributed by atoms with Crippen LogP contribution < -0.4 is 10.1 Å². The molecule has 2 aromatic carbocycles. The van der Waals surface area contributed by atoms with Crippen molar-refractivity contribution in [3.05, 3.63) is 72.8 Å². The number of nitrogens with zero attached hydrogens (tertiary/aromatic N) is 4. The molecule has 2 N–H and O–H groups in total. The van der Waals surface area contributed by atoms with E-state index in [2.05, 4.69) is 11.9 Å². The molecular formula is C43H53N5O7S. The van der Waals surface area contributed by atoms with E-state index in [1.54, 1.807) is 6.08 Å². The van der Waals surface area contributed by atoms with Crippen LogP contribution in [0.2, 0.25) is 0 Å². The lowest BCUT2D eigenvalue weighted by Gasteiger charge is -2.36. The number of carbonyl (C=O) groups excluding carboxylic acids is 4. The number of aryl methyl sites for hydroxylation is 1. The third-order valence-electron chi connectivity index (χ3n) is 11.8. The molecule has 3 heterocycles. The van der Waals surface area contributed by atoms with Gasteiger partial charge in [0, 0.05) is 54.9 Å². The maximum absolute atomic E-state index is 14.9. The molecule has 7 rings (SSSR count). The Hall–Kier alpha value is -4.62. The molecule has 6 atom stereocenters. The summed E-state index contributed by atoms with van der Waals surface area (Å²) in [4.78, 5) is 65.4. The van der Waals surface area contributed by atoms with Crippen molar-refractivity contribution < 1.29 is 32.7 Å². The van der Waals surface area contributed by atoms with E-state index >= 15 is 0 Å². The lowest BCUT2D eigenvalue weighted by atomic mass is 9.77. The first-order valence-electron chi connectivity index (χ1n) is 19.8. The number of piperidine rings is 1. The van der Waals surface area contributed by atoms with Crippen LogP contribution in [0.5, 0.6) is 5.75 Å². The first-order valence-corrected chi connectivity index (χ1v) is 20.9. The van der Waals surface area contributed by atoms with E-state index in [1.165, 1.54) is 4.90 Å². The van der Waals surface area contributed by atoms with Gasteiger partial charge < -0.3 is 19.9 Å². The molecule has 0 radical (unpaired) electrons. The van der Waals surface area contributed by atoms with Gasteiger partial charge in [0.15, 0.2) is 0 Å². The fourth-order valence-corrected chi connectivity index (χ4v) is 9.09. The molecule has 2 aliphatic heterocycles. The average Bonchev–Trinajstić information content (AvgIpc) is 4.10. The third-order valence-corrected chi connectivity index (χ3v) is 12.6. The minimum absolute atomic E-state index is 0.00697. The summed E-state index contributed by atoms with van der Waals surface area (Å²) in [5.74, 6) is -2.22. The number of nitrogens with one attached hydrogen (secondary N) is 1. The molecule has 0 bridgehead atoms. The highest BCUT2D eigenvalue weighted by molar-refractivity contribution is 7.77. The van der Waals surface area contributed by atoms with E-state index in [4.69, 9.17) is 9.72 Å². The molecule has 0 spiro atoms. The highest BCUT2D eigenvalue weighted by Gasteiger charge is 2.64. The van der Waals surface area contributed by atoms with E-state index in [0.717, 1.165) is 45.6 Å². The van der Waals surface area contributed by atoms with Crippen LogP contribution in [-0.4, -0.2) is 94.8 Å². The molecule has 4 amide bonds. The Labute approximate surface area is 331 Å². The van der Waals surface area contributed by atoms with Gasteiger partial charge in [-0.05, 0) is 63.0 Å². The minimum Gasteiger partial charge on any atom is -0.488 e. The second kappa shape index (κ2) is 15.7. The Morgan fingerprint density at radius 1 is 1.09 bits per heavy atom. The standard InChI is InChI=1S/C43H53N5O7S/c1-6-29-25-43(29,41(52)48(56(53)54)30-16-17-30)45-39(50)36-22-31(26-47(36)40(51)33(42(3,4)5)23-38(49)46-19-11-8-12-20-46)55-37-24-35(28-13-9-7-10-14-28)44-34-18-15-27(2)21-32(34)37/h6-7,9-10,13-15,18,21,24,29-31,33,36H,1,8,11-12,16-17,19-20,22-23,25-26H2,2-5H3,(H,45,50)(H,53,54)/t29?,31-,33-,36+,43-/m1/s1. The zero-order chi connectivity index (χ0) is 39.9. The van der Waals surface area contributed by atoms with Crippen molar-refractivity contribution in [1.82, 2.24) is 24.4 Å². The van der Waals surface area contributed by atoms with Gasteiger partial charge in [-0.3, -0.25) is 23.7 Å². The van der Waals surface area contributed by atoms with E-state index in [-0.39, 0.29) is 43.7 Å². The molecule has 1 aromatic heterocycles. The van der Waals surface area contributed by atoms with Crippen molar-refractivity contribution in [2.24, 2.45) is 17.3 Å². The van der Waals surface area contributed by atoms with Crippen molar-refractivity contribution >= 4 is 45.8 Å². The van der Waals surface area contributed by atoms with Crippen LogP contribution in [0.1, 0.15) is 77.7 Å². The lowest BCUT2D eigenvalue weighted by molar-refractivity contribution is -0.149. The average molecular weight is 784 g/mol. The molecule has 56 heavy (non-hydrogen) atoms. The summed E-state index contributed by atoms with van der Waals surface area (Å²) < 4.78 is 30.2. The Morgan fingerprint density at radius 3 is 2.43 bits per heavy atom. The predicted molar refractivity (Wildman–Crippen MR) is 214 cm³/mol. The number of benzene rings is 2. The molecule has 2 saturated heterocycles.